The maximum absolute atomic E-state index is 10.9. The molecule has 0 saturated carbocycles. The molecule has 3 nitrogen and oxygen atoms in total. The van der Waals surface area contributed by atoms with E-state index in [9.17, 15) is 4.79 Å². The highest BCUT2D eigenvalue weighted by Gasteiger charge is 2.13. The second kappa shape index (κ2) is 5.99. The molecule has 0 fully saturated rings. The predicted octanol–water partition coefficient (Wildman–Crippen LogP) is 2.95. The zero-order chi connectivity index (χ0) is 12.1. The maximum atomic E-state index is 10.9. The van der Waals surface area contributed by atoms with E-state index < -0.39 is 5.97 Å². The number of hydrogen-bond acceptors (Lipinski definition) is 2. The van der Waals surface area contributed by atoms with Crippen LogP contribution in [0.3, 0.4) is 0 Å². The van der Waals surface area contributed by atoms with Crippen LogP contribution in [0.15, 0.2) is 6.07 Å². The zero-order valence-corrected chi connectivity index (χ0v) is 10.9. The zero-order valence-electron chi connectivity index (χ0n) is 10.1. The van der Waals surface area contributed by atoms with Gasteiger partial charge in [0.25, 0.3) is 0 Å². The number of nitrogens with zero attached hydrogens (tertiary/aromatic N) is 1. The topological polar surface area (TPSA) is 42.2 Å². The van der Waals surface area contributed by atoms with Gasteiger partial charge in [-0.25, -0.2) is 4.79 Å². The third-order valence-electron chi connectivity index (χ3n) is 2.78. The van der Waals surface area contributed by atoms with E-state index >= 15 is 0 Å². The average molecular weight is 241 g/mol. The molecule has 1 rings (SSSR count). The molecule has 0 amide bonds. The summed E-state index contributed by atoms with van der Waals surface area (Å²) in [6.07, 6.45) is 4.39. The smallest absolute Gasteiger partial charge is 0.337 e. The molecule has 0 unspecified atom stereocenters. The van der Waals surface area contributed by atoms with E-state index in [1.165, 1.54) is 12.2 Å². The Bertz CT molecular complexity index is 371. The lowest BCUT2D eigenvalue weighted by Gasteiger charge is -2.08. The Morgan fingerprint density at radius 2 is 2.12 bits per heavy atom. The number of aryl methyl sites for hydroxylation is 1. The van der Waals surface area contributed by atoms with Crippen molar-refractivity contribution in [1.29, 1.82) is 0 Å². The van der Waals surface area contributed by atoms with Crippen LogP contribution in [0.4, 0.5) is 0 Å². The fourth-order valence-corrected chi connectivity index (χ4v) is 2.37. The first kappa shape index (κ1) is 13.2. The van der Waals surface area contributed by atoms with Gasteiger partial charge in [-0.05, 0) is 44.8 Å². The van der Waals surface area contributed by atoms with Gasteiger partial charge in [0.2, 0.25) is 0 Å². The third kappa shape index (κ3) is 3.04. The van der Waals surface area contributed by atoms with Crippen LogP contribution in [0.2, 0.25) is 0 Å². The van der Waals surface area contributed by atoms with Crippen LogP contribution in [-0.4, -0.2) is 27.7 Å². The Hall–Kier alpha value is -0.900. The number of carboxylic acids is 1. The highest BCUT2D eigenvalue weighted by Crippen LogP contribution is 2.16. The van der Waals surface area contributed by atoms with E-state index in [4.69, 9.17) is 5.11 Å². The number of aromatic carboxylic acids is 1. The Labute approximate surface area is 101 Å². The minimum atomic E-state index is -0.830. The molecule has 0 atom stereocenters. The molecule has 90 valence electrons. The van der Waals surface area contributed by atoms with E-state index in [1.807, 2.05) is 25.6 Å². The van der Waals surface area contributed by atoms with Crippen molar-refractivity contribution in [3.63, 3.8) is 0 Å². The van der Waals surface area contributed by atoms with E-state index in [0.717, 1.165) is 24.4 Å². The molecule has 0 saturated heterocycles. The molecule has 0 aliphatic rings. The van der Waals surface area contributed by atoms with Crippen LogP contribution in [0, 0.1) is 13.8 Å². The molecule has 0 aromatic carbocycles. The lowest BCUT2D eigenvalue weighted by molar-refractivity contribution is 0.0696. The first-order valence-electron chi connectivity index (χ1n) is 5.47. The van der Waals surface area contributed by atoms with E-state index in [0.29, 0.717) is 5.56 Å². The van der Waals surface area contributed by atoms with E-state index in [1.54, 1.807) is 6.07 Å². The molecule has 1 N–H and O–H groups in total. The van der Waals surface area contributed by atoms with Crippen molar-refractivity contribution in [2.75, 3.05) is 12.0 Å². The Kier molecular flexibility index (Phi) is 4.93. The second-order valence-corrected chi connectivity index (χ2v) is 4.93. The number of hydrogen-bond donors (Lipinski definition) is 1. The Morgan fingerprint density at radius 3 is 2.62 bits per heavy atom. The molecular formula is C12H19NO2S. The van der Waals surface area contributed by atoms with Crippen molar-refractivity contribution in [3.05, 3.63) is 23.0 Å². The van der Waals surface area contributed by atoms with E-state index in [2.05, 4.69) is 10.8 Å². The van der Waals surface area contributed by atoms with Crippen LogP contribution < -0.4 is 0 Å². The van der Waals surface area contributed by atoms with Crippen molar-refractivity contribution in [1.82, 2.24) is 4.57 Å². The minimum absolute atomic E-state index is 0.433. The average Bonchev–Trinajstić information content (AvgIpc) is 2.51. The van der Waals surface area contributed by atoms with Gasteiger partial charge in [-0.1, -0.05) is 0 Å². The summed E-state index contributed by atoms with van der Waals surface area (Å²) >= 11 is 1.85. The summed E-state index contributed by atoms with van der Waals surface area (Å²) in [5.41, 5.74) is 2.34. The molecular weight excluding hydrogens is 222 g/mol. The highest BCUT2D eigenvalue weighted by molar-refractivity contribution is 7.98. The van der Waals surface area contributed by atoms with Gasteiger partial charge in [-0.2, -0.15) is 11.8 Å². The molecule has 1 heterocycles. The number of aromatic nitrogens is 1. The summed E-state index contributed by atoms with van der Waals surface area (Å²) in [5.74, 6) is 0.342. The second-order valence-electron chi connectivity index (χ2n) is 3.94. The van der Waals surface area contributed by atoms with Gasteiger partial charge in [0.05, 0.1) is 5.56 Å². The SMILES string of the molecule is CSCCCCn1c(C)cc(C(=O)O)c1C. The molecule has 0 aliphatic heterocycles. The number of rotatable bonds is 6. The standard InChI is InChI=1S/C12H19NO2S/c1-9-8-11(12(14)15)10(2)13(9)6-4-5-7-16-3/h8H,4-7H2,1-3H3,(H,14,15). The van der Waals surface area contributed by atoms with Gasteiger partial charge in [-0.15, -0.1) is 0 Å². The van der Waals surface area contributed by atoms with Gasteiger partial charge in [0.15, 0.2) is 0 Å². The molecule has 0 aliphatic carbocycles. The molecule has 16 heavy (non-hydrogen) atoms. The lowest BCUT2D eigenvalue weighted by atomic mass is 10.2. The minimum Gasteiger partial charge on any atom is -0.478 e. The molecule has 0 spiro atoms. The Morgan fingerprint density at radius 1 is 1.44 bits per heavy atom. The summed E-state index contributed by atoms with van der Waals surface area (Å²) in [5, 5.41) is 9.00. The third-order valence-corrected chi connectivity index (χ3v) is 3.48. The van der Waals surface area contributed by atoms with Crippen LogP contribution in [0.25, 0.3) is 0 Å². The molecule has 1 aromatic heterocycles. The van der Waals surface area contributed by atoms with Gasteiger partial charge in [0, 0.05) is 17.9 Å². The molecule has 0 radical (unpaired) electrons. The van der Waals surface area contributed by atoms with Crippen molar-refractivity contribution in [2.24, 2.45) is 0 Å². The summed E-state index contributed by atoms with van der Waals surface area (Å²) in [6, 6.07) is 1.76. The van der Waals surface area contributed by atoms with Gasteiger partial charge >= 0.3 is 5.97 Å². The Balaban J connectivity index is 2.69. The highest BCUT2D eigenvalue weighted by atomic mass is 32.2. The normalized spacial score (nSPS) is 10.7. The number of unbranched alkanes of at least 4 members (excludes halogenated alkanes) is 1. The van der Waals surface area contributed by atoms with Crippen molar-refractivity contribution in [2.45, 2.75) is 33.2 Å². The number of carboxylic acid groups (broad SMARTS) is 1. The van der Waals surface area contributed by atoms with Gasteiger partial charge in [-0.3, -0.25) is 0 Å². The number of carbonyl (C=O) groups is 1. The van der Waals surface area contributed by atoms with Crippen LogP contribution in [0.1, 0.15) is 34.6 Å². The van der Waals surface area contributed by atoms with Gasteiger partial charge in [0.1, 0.15) is 0 Å². The first-order valence-corrected chi connectivity index (χ1v) is 6.86. The lowest BCUT2D eigenvalue weighted by Crippen LogP contribution is -2.05. The monoisotopic (exact) mass is 241 g/mol. The quantitative estimate of drug-likeness (QED) is 0.779. The fraction of sp³-hybridized carbons (Fsp3) is 0.583. The summed E-state index contributed by atoms with van der Waals surface area (Å²) < 4.78 is 2.10. The van der Waals surface area contributed by atoms with Crippen LogP contribution in [0.5, 0.6) is 0 Å². The van der Waals surface area contributed by atoms with Gasteiger partial charge < -0.3 is 9.67 Å². The largest absolute Gasteiger partial charge is 0.478 e. The summed E-state index contributed by atoms with van der Waals surface area (Å²) in [7, 11) is 0. The van der Waals surface area contributed by atoms with Crippen molar-refractivity contribution in [3.8, 4) is 0 Å². The van der Waals surface area contributed by atoms with Crippen molar-refractivity contribution >= 4 is 17.7 Å². The van der Waals surface area contributed by atoms with Crippen LogP contribution >= 0.6 is 11.8 Å². The first-order chi connectivity index (χ1) is 7.57. The van der Waals surface area contributed by atoms with Crippen LogP contribution in [-0.2, 0) is 6.54 Å². The summed E-state index contributed by atoms with van der Waals surface area (Å²) in [6.45, 7) is 4.77. The van der Waals surface area contributed by atoms with E-state index in [-0.39, 0.29) is 0 Å². The number of thioether (sulfide) groups is 1. The van der Waals surface area contributed by atoms with Crippen molar-refractivity contribution < 1.29 is 9.90 Å². The molecule has 4 heteroatoms. The fourth-order valence-electron chi connectivity index (χ4n) is 1.88. The maximum Gasteiger partial charge on any atom is 0.337 e. The molecule has 1 aromatic rings. The molecule has 0 bridgehead atoms. The predicted molar refractivity (Wildman–Crippen MR) is 68.5 cm³/mol. The summed E-state index contributed by atoms with van der Waals surface area (Å²) in [4.78, 5) is 10.9.